The van der Waals surface area contributed by atoms with E-state index in [1.54, 1.807) is 18.2 Å². The molecule has 0 N–H and O–H groups in total. The zero-order chi connectivity index (χ0) is 20.1. The van der Waals surface area contributed by atoms with Crippen molar-refractivity contribution in [3.05, 3.63) is 64.5 Å². The lowest BCUT2D eigenvalue weighted by molar-refractivity contribution is 0.198. The standard InChI is InChI=1S/C24H29F3O/c1-3-5-19-10-12-20(14-22(19)25)28-15-16-6-8-18(9-7-16)21-13-11-17(4-2)23(26)24(21)27/h10-14,16,18H,3-9,15H2,1-2H3. The van der Waals surface area contributed by atoms with E-state index in [2.05, 4.69) is 0 Å². The predicted molar refractivity (Wildman–Crippen MR) is 106 cm³/mol. The molecule has 3 rings (SSSR count). The third kappa shape index (κ3) is 4.71. The minimum Gasteiger partial charge on any atom is -0.493 e. The highest BCUT2D eigenvalue weighted by Crippen LogP contribution is 2.38. The van der Waals surface area contributed by atoms with Crippen LogP contribution in [0.3, 0.4) is 0 Å². The van der Waals surface area contributed by atoms with Crippen molar-refractivity contribution in [2.24, 2.45) is 5.92 Å². The van der Waals surface area contributed by atoms with Gasteiger partial charge in [-0.2, -0.15) is 0 Å². The summed E-state index contributed by atoms with van der Waals surface area (Å²) in [6, 6.07) is 8.54. The Balaban J connectivity index is 1.53. The quantitative estimate of drug-likeness (QED) is 0.496. The van der Waals surface area contributed by atoms with Crippen LogP contribution < -0.4 is 4.74 Å². The number of benzene rings is 2. The summed E-state index contributed by atoms with van der Waals surface area (Å²) >= 11 is 0. The van der Waals surface area contributed by atoms with Gasteiger partial charge in [-0.3, -0.25) is 0 Å². The van der Waals surface area contributed by atoms with E-state index in [0.717, 1.165) is 44.1 Å². The molecule has 1 fully saturated rings. The van der Waals surface area contributed by atoms with Crippen molar-refractivity contribution in [1.82, 2.24) is 0 Å². The maximum Gasteiger partial charge on any atom is 0.162 e. The highest BCUT2D eigenvalue weighted by molar-refractivity contribution is 5.30. The third-order valence-corrected chi connectivity index (χ3v) is 5.89. The molecule has 1 nitrogen and oxygen atoms in total. The molecule has 1 aliphatic rings. The van der Waals surface area contributed by atoms with Crippen LogP contribution in [0.1, 0.15) is 68.6 Å². The van der Waals surface area contributed by atoms with Gasteiger partial charge in [0.05, 0.1) is 6.61 Å². The fourth-order valence-electron chi connectivity index (χ4n) is 4.14. The van der Waals surface area contributed by atoms with Gasteiger partial charge in [0.25, 0.3) is 0 Å². The molecule has 28 heavy (non-hydrogen) atoms. The van der Waals surface area contributed by atoms with Crippen molar-refractivity contribution in [3.63, 3.8) is 0 Å². The zero-order valence-corrected chi connectivity index (χ0v) is 16.7. The molecule has 0 radical (unpaired) electrons. The van der Waals surface area contributed by atoms with Gasteiger partial charge < -0.3 is 4.74 Å². The smallest absolute Gasteiger partial charge is 0.162 e. The lowest BCUT2D eigenvalue weighted by Gasteiger charge is -2.29. The summed E-state index contributed by atoms with van der Waals surface area (Å²) in [5.74, 6) is -0.612. The van der Waals surface area contributed by atoms with Crippen molar-refractivity contribution in [1.29, 1.82) is 0 Å². The van der Waals surface area contributed by atoms with Crippen LogP contribution in [0, 0.1) is 23.4 Å². The van der Waals surface area contributed by atoms with Gasteiger partial charge in [0.2, 0.25) is 0 Å². The van der Waals surface area contributed by atoms with E-state index in [1.165, 1.54) is 6.07 Å². The molecule has 0 unspecified atom stereocenters. The molecule has 0 aliphatic heterocycles. The Hall–Kier alpha value is -1.97. The molecule has 1 saturated carbocycles. The van der Waals surface area contributed by atoms with Crippen LogP contribution >= 0.6 is 0 Å². The first kappa shape index (κ1) is 20.8. The van der Waals surface area contributed by atoms with Gasteiger partial charge in [0.15, 0.2) is 11.6 Å². The maximum absolute atomic E-state index is 14.4. The fraction of sp³-hybridized carbons (Fsp3) is 0.500. The number of rotatable bonds is 7. The van der Waals surface area contributed by atoms with Crippen LogP contribution in [0.4, 0.5) is 13.2 Å². The van der Waals surface area contributed by atoms with E-state index in [1.807, 2.05) is 19.9 Å². The number of halogens is 3. The van der Waals surface area contributed by atoms with Crippen LogP contribution in [0.25, 0.3) is 0 Å². The molecule has 0 spiro atoms. The Morgan fingerprint density at radius 1 is 0.893 bits per heavy atom. The van der Waals surface area contributed by atoms with Crippen molar-refractivity contribution >= 4 is 0 Å². The summed E-state index contributed by atoms with van der Waals surface area (Å²) in [4.78, 5) is 0. The summed E-state index contributed by atoms with van der Waals surface area (Å²) < 4.78 is 48.3. The Labute approximate surface area is 165 Å². The molecule has 4 heteroatoms. The lowest BCUT2D eigenvalue weighted by atomic mass is 9.78. The molecule has 0 heterocycles. The molecule has 0 amide bonds. The summed E-state index contributed by atoms with van der Waals surface area (Å²) in [6.45, 7) is 4.38. The highest BCUT2D eigenvalue weighted by atomic mass is 19.2. The lowest BCUT2D eigenvalue weighted by Crippen LogP contribution is -2.20. The largest absolute Gasteiger partial charge is 0.493 e. The molecule has 2 aromatic carbocycles. The van der Waals surface area contributed by atoms with Crippen LogP contribution in [0.2, 0.25) is 0 Å². The average molecular weight is 390 g/mol. The molecular formula is C24H29F3O. The van der Waals surface area contributed by atoms with Crippen LogP contribution in [0.5, 0.6) is 5.75 Å². The predicted octanol–water partition coefficient (Wildman–Crippen LogP) is 6.97. The Bertz CT molecular complexity index is 795. The summed E-state index contributed by atoms with van der Waals surface area (Å²) in [5, 5.41) is 0. The van der Waals surface area contributed by atoms with Crippen molar-refractivity contribution < 1.29 is 17.9 Å². The second kappa shape index (κ2) is 9.49. The Morgan fingerprint density at radius 2 is 1.61 bits per heavy atom. The molecule has 1 aliphatic carbocycles. The number of aryl methyl sites for hydroxylation is 2. The van der Waals surface area contributed by atoms with Gasteiger partial charge in [0.1, 0.15) is 11.6 Å². The van der Waals surface area contributed by atoms with Crippen LogP contribution in [0.15, 0.2) is 30.3 Å². The minimum absolute atomic E-state index is 0.0578. The highest BCUT2D eigenvalue weighted by Gasteiger charge is 2.26. The van der Waals surface area contributed by atoms with Crippen molar-refractivity contribution in [3.8, 4) is 5.75 Å². The van der Waals surface area contributed by atoms with E-state index in [0.29, 0.717) is 35.8 Å². The van der Waals surface area contributed by atoms with E-state index in [4.69, 9.17) is 4.74 Å². The fourth-order valence-corrected chi connectivity index (χ4v) is 4.14. The topological polar surface area (TPSA) is 9.23 Å². The molecular weight excluding hydrogens is 361 g/mol. The molecule has 0 aromatic heterocycles. The van der Waals surface area contributed by atoms with Gasteiger partial charge >= 0.3 is 0 Å². The average Bonchev–Trinajstić information content (AvgIpc) is 2.71. The number of hydrogen-bond acceptors (Lipinski definition) is 1. The second-order valence-electron chi connectivity index (χ2n) is 7.83. The van der Waals surface area contributed by atoms with Crippen LogP contribution in [-0.4, -0.2) is 6.61 Å². The minimum atomic E-state index is -0.695. The normalized spacial score (nSPS) is 19.6. The summed E-state index contributed by atoms with van der Waals surface area (Å²) in [7, 11) is 0. The van der Waals surface area contributed by atoms with Gasteiger partial charge in [-0.15, -0.1) is 0 Å². The first-order valence-electron chi connectivity index (χ1n) is 10.4. The monoisotopic (exact) mass is 390 g/mol. The van der Waals surface area contributed by atoms with Gasteiger partial charge in [-0.25, -0.2) is 13.2 Å². The number of hydrogen-bond donors (Lipinski definition) is 0. The van der Waals surface area contributed by atoms with E-state index < -0.39 is 11.6 Å². The van der Waals surface area contributed by atoms with Gasteiger partial charge in [0, 0.05) is 6.07 Å². The molecule has 2 aromatic rings. The van der Waals surface area contributed by atoms with Crippen molar-refractivity contribution in [2.45, 2.75) is 64.7 Å². The molecule has 0 bridgehead atoms. The molecule has 0 atom stereocenters. The van der Waals surface area contributed by atoms with E-state index in [-0.39, 0.29) is 11.7 Å². The molecule has 0 saturated heterocycles. The van der Waals surface area contributed by atoms with Gasteiger partial charge in [-0.05, 0) is 73.1 Å². The van der Waals surface area contributed by atoms with Crippen LogP contribution in [-0.2, 0) is 12.8 Å². The third-order valence-electron chi connectivity index (χ3n) is 5.89. The summed E-state index contributed by atoms with van der Waals surface area (Å²) in [5.41, 5.74) is 1.65. The first-order chi connectivity index (χ1) is 13.5. The maximum atomic E-state index is 14.4. The summed E-state index contributed by atoms with van der Waals surface area (Å²) in [6.07, 6.45) is 5.57. The van der Waals surface area contributed by atoms with Gasteiger partial charge in [-0.1, -0.05) is 38.5 Å². The molecule has 152 valence electrons. The first-order valence-corrected chi connectivity index (χ1v) is 10.4. The second-order valence-corrected chi connectivity index (χ2v) is 7.83. The zero-order valence-electron chi connectivity index (χ0n) is 16.7. The van der Waals surface area contributed by atoms with E-state index in [9.17, 15) is 13.2 Å². The SMILES string of the molecule is CCCc1ccc(OCC2CCC(c3ccc(CC)c(F)c3F)CC2)cc1F. The number of ether oxygens (including phenoxy) is 1. The Kier molecular flexibility index (Phi) is 7.03. The van der Waals surface area contributed by atoms with E-state index >= 15 is 0 Å². The Morgan fingerprint density at radius 3 is 2.25 bits per heavy atom. The van der Waals surface area contributed by atoms with Crippen molar-refractivity contribution in [2.75, 3.05) is 6.61 Å².